The van der Waals surface area contributed by atoms with E-state index in [1.54, 1.807) is 0 Å². The minimum Gasteiger partial charge on any atom is -0.391 e. The smallest absolute Gasteiger partial charge is 0.391 e. The average molecular weight is 1180 g/mol. The third-order valence-corrected chi connectivity index (χ3v) is 16.3. The van der Waals surface area contributed by atoms with Crippen LogP contribution in [0.1, 0.15) is 303 Å². The molecule has 3 N–H and O–H groups in total. The van der Waals surface area contributed by atoms with Gasteiger partial charge in [-0.15, -0.1) is 0 Å². The zero-order valence-corrected chi connectivity index (χ0v) is 55.8. The van der Waals surface area contributed by atoms with Crippen LogP contribution in [0.2, 0.25) is 0 Å². The molecule has 0 aliphatic heterocycles. The zero-order valence-electron chi connectivity index (χ0n) is 54.9. The van der Waals surface area contributed by atoms with Crippen LogP contribution in [0.15, 0.2) is 109 Å². The first kappa shape index (κ1) is 80.2. The molecule has 0 saturated carbocycles. The van der Waals surface area contributed by atoms with Crippen molar-refractivity contribution in [2.24, 2.45) is 0 Å². The highest BCUT2D eigenvalue weighted by Gasteiger charge is 2.28. The number of carbonyl (C=O) groups excluding carboxylic acids is 1. The van der Waals surface area contributed by atoms with Gasteiger partial charge in [-0.3, -0.25) is 13.8 Å². The first-order chi connectivity index (χ1) is 40.5. The Morgan fingerprint density at radius 1 is 0.422 bits per heavy atom. The molecule has 1 amide bonds. The van der Waals surface area contributed by atoms with Crippen LogP contribution in [-0.4, -0.2) is 73.4 Å². The van der Waals surface area contributed by atoms with Gasteiger partial charge in [0.2, 0.25) is 5.91 Å². The monoisotopic (exact) mass is 1180 g/mol. The molecule has 0 spiro atoms. The molecule has 0 aromatic carbocycles. The second-order valence-corrected chi connectivity index (χ2v) is 26.0. The van der Waals surface area contributed by atoms with Gasteiger partial charge in [-0.2, -0.15) is 0 Å². The van der Waals surface area contributed by atoms with E-state index in [2.05, 4.69) is 129 Å². The van der Waals surface area contributed by atoms with E-state index in [4.69, 9.17) is 9.05 Å². The summed E-state index contributed by atoms with van der Waals surface area (Å²) in [4.78, 5) is 23.4. The highest BCUT2D eigenvalue weighted by molar-refractivity contribution is 7.47. The van der Waals surface area contributed by atoms with Crippen molar-refractivity contribution >= 4 is 13.7 Å². The number of phosphoric ester groups is 1. The summed E-state index contributed by atoms with van der Waals surface area (Å²) in [6, 6.07) is -0.789. The number of hydrogen-bond acceptors (Lipinski definition) is 5. The number of rotatable bonds is 63. The van der Waals surface area contributed by atoms with Crippen LogP contribution in [0.25, 0.3) is 0 Å². The number of hydrogen-bond donors (Lipinski definition) is 3. The van der Waals surface area contributed by atoms with Crippen LogP contribution in [0.3, 0.4) is 0 Å². The van der Waals surface area contributed by atoms with Gasteiger partial charge in [0.25, 0.3) is 0 Å². The summed E-state index contributed by atoms with van der Waals surface area (Å²) in [7, 11) is 1.58. The first-order valence-corrected chi connectivity index (χ1v) is 36.2. The molecule has 9 heteroatoms. The van der Waals surface area contributed by atoms with Crippen molar-refractivity contribution in [3.63, 3.8) is 0 Å². The predicted octanol–water partition coefficient (Wildman–Crippen LogP) is 22.3. The normalized spacial score (nSPS) is 14.3. The Bertz CT molecular complexity index is 1720. The Balaban J connectivity index is 4.16. The van der Waals surface area contributed by atoms with Crippen LogP contribution < -0.4 is 5.32 Å². The third-order valence-electron chi connectivity index (χ3n) is 15.3. The van der Waals surface area contributed by atoms with E-state index >= 15 is 0 Å². The number of nitrogens with zero attached hydrogens (tertiary/aromatic N) is 1. The quantitative estimate of drug-likeness (QED) is 0.0243. The van der Waals surface area contributed by atoms with Crippen LogP contribution >= 0.6 is 7.82 Å². The Hall–Kier alpha value is -2.84. The molecule has 8 nitrogen and oxygen atoms in total. The Labute approximate surface area is 514 Å². The molecule has 3 atom stereocenters. The second kappa shape index (κ2) is 63.7. The molecule has 3 unspecified atom stereocenters. The van der Waals surface area contributed by atoms with Crippen LogP contribution in [0.5, 0.6) is 0 Å². The summed E-state index contributed by atoms with van der Waals surface area (Å²) >= 11 is 0. The van der Waals surface area contributed by atoms with Gasteiger partial charge < -0.3 is 19.8 Å². The summed E-state index contributed by atoms with van der Waals surface area (Å²) in [5, 5.41) is 14.1. The highest BCUT2D eigenvalue weighted by Crippen LogP contribution is 2.43. The van der Waals surface area contributed by atoms with Crippen LogP contribution in [0, 0.1) is 0 Å². The molecule has 83 heavy (non-hydrogen) atoms. The molecular formula is C74H134N2O6P+. The molecule has 0 bridgehead atoms. The molecule has 480 valence electrons. The van der Waals surface area contributed by atoms with Gasteiger partial charge in [0.1, 0.15) is 13.2 Å². The molecule has 0 heterocycles. The fraction of sp³-hybridized carbons (Fsp3) is 0.743. The number of likely N-dealkylation sites (N-methyl/N-ethyl adjacent to an activating group) is 1. The molecular weight excluding hydrogens is 1040 g/mol. The van der Waals surface area contributed by atoms with E-state index in [1.807, 2.05) is 21.1 Å². The molecule has 0 radical (unpaired) electrons. The van der Waals surface area contributed by atoms with E-state index in [-0.39, 0.29) is 19.1 Å². The fourth-order valence-electron chi connectivity index (χ4n) is 9.92. The van der Waals surface area contributed by atoms with Crippen molar-refractivity contribution in [1.29, 1.82) is 0 Å². The maximum absolute atomic E-state index is 13.1. The van der Waals surface area contributed by atoms with Crippen LogP contribution in [0.4, 0.5) is 0 Å². The number of allylic oxidation sites excluding steroid dienone is 18. The SMILES string of the molecule is CC/C=C\C/C=C\C/C=C\C/C=C\C/C=C\C/C=C\C/C=C\C/C=C\C/C=C\CCCCCC(=O)NC(COP(=O)(O)OCC[N+](C)(C)C)C(O)CCCCCCCCCCCCCCCCCCCCCCCCCCCCCCCC. The molecule has 0 fully saturated rings. The van der Waals surface area contributed by atoms with E-state index < -0.39 is 20.0 Å². The van der Waals surface area contributed by atoms with Crippen molar-refractivity contribution in [2.75, 3.05) is 40.9 Å². The van der Waals surface area contributed by atoms with Gasteiger partial charge >= 0.3 is 7.82 Å². The Kier molecular flexibility index (Phi) is 61.5. The minimum atomic E-state index is -4.35. The van der Waals surface area contributed by atoms with Crippen molar-refractivity contribution in [3.8, 4) is 0 Å². The summed E-state index contributed by atoms with van der Waals surface area (Å²) in [6.07, 6.45) is 93.3. The standard InChI is InChI=1S/C74H133N2O6P/c1-6-8-10-12-14-16-18-20-22-24-26-28-30-32-34-36-38-40-42-44-46-48-50-52-54-56-58-60-62-64-66-68-74(78)75-72(71-82-83(79,80)81-70-69-76(3,4)5)73(77)67-65-63-61-59-57-55-53-51-49-47-45-43-41-39-37-35-33-31-29-27-25-23-21-19-17-15-13-11-9-7-2/h8,10,14,16,20,22,26,28,32,34,38,40,44,46,50,52,56,58,72-73,77H,6-7,9,11-13,15,17-19,21,23-25,27,29-31,33,35-37,39,41-43,45,47-49,51,53-55,57,59-71H2,1-5H3,(H-,75,78,79,80)/p+1/b10-8-,16-14-,22-20-,28-26-,34-32-,40-38-,46-44-,52-50-,58-56-. The number of aliphatic hydroxyl groups is 1. The zero-order chi connectivity index (χ0) is 60.5. The predicted molar refractivity (Wildman–Crippen MR) is 364 cm³/mol. The van der Waals surface area contributed by atoms with Crippen molar-refractivity contribution < 1.29 is 32.9 Å². The molecule has 0 aliphatic rings. The Morgan fingerprint density at radius 3 is 1.05 bits per heavy atom. The van der Waals surface area contributed by atoms with E-state index in [1.165, 1.54) is 173 Å². The maximum Gasteiger partial charge on any atom is 0.472 e. The summed E-state index contributed by atoms with van der Waals surface area (Å²) in [5.74, 6) is -0.177. The summed E-state index contributed by atoms with van der Waals surface area (Å²) in [5.41, 5.74) is 0. The maximum atomic E-state index is 13.1. The highest BCUT2D eigenvalue weighted by atomic mass is 31.2. The number of aliphatic hydroxyl groups excluding tert-OH is 1. The molecule has 0 aromatic heterocycles. The number of nitrogens with one attached hydrogen (secondary N) is 1. The number of carbonyl (C=O) groups is 1. The average Bonchev–Trinajstić information content (AvgIpc) is 3.49. The van der Waals surface area contributed by atoms with Crippen LogP contribution in [-0.2, 0) is 18.4 Å². The van der Waals surface area contributed by atoms with Gasteiger partial charge in [-0.1, -0.05) is 322 Å². The second-order valence-electron chi connectivity index (χ2n) is 24.5. The lowest BCUT2D eigenvalue weighted by Gasteiger charge is -2.26. The van der Waals surface area contributed by atoms with E-state index in [0.29, 0.717) is 23.9 Å². The van der Waals surface area contributed by atoms with Gasteiger partial charge in [-0.05, 0) is 83.5 Å². The van der Waals surface area contributed by atoms with E-state index in [9.17, 15) is 19.4 Å². The van der Waals surface area contributed by atoms with Crippen molar-refractivity contribution in [3.05, 3.63) is 109 Å². The number of quaternary nitrogens is 1. The first-order valence-electron chi connectivity index (χ1n) is 34.8. The lowest BCUT2D eigenvalue weighted by Crippen LogP contribution is -2.46. The molecule has 0 aliphatic carbocycles. The van der Waals surface area contributed by atoms with Crippen molar-refractivity contribution in [1.82, 2.24) is 5.32 Å². The fourth-order valence-corrected chi connectivity index (χ4v) is 10.7. The van der Waals surface area contributed by atoms with Crippen molar-refractivity contribution in [2.45, 2.75) is 315 Å². The lowest BCUT2D eigenvalue weighted by molar-refractivity contribution is -0.870. The number of unbranched alkanes of at least 4 members (excludes halogenated alkanes) is 32. The minimum absolute atomic E-state index is 0.0624. The topological polar surface area (TPSA) is 105 Å². The number of phosphoric acid groups is 1. The Morgan fingerprint density at radius 2 is 0.723 bits per heavy atom. The largest absolute Gasteiger partial charge is 0.472 e. The summed E-state index contributed by atoms with van der Waals surface area (Å²) in [6.45, 7) is 4.77. The van der Waals surface area contributed by atoms with Gasteiger partial charge in [0, 0.05) is 6.42 Å². The molecule has 0 saturated heterocycles. The summed E-state index contributed by atoms with van der Waals surface area (Å²) < 4.78 is 23.9. The van der Waals surface area contributed by atoms with E-state index in [0.717, 1.165) is 103 Å². The van der Waals surface area contributed by atoms with Gasteiger partial charge in [0.15, 0.2) is 0 Å². The third kappa shape index (κ3) is 66.5. The van der Waals surface area contributed by atoms with Gasteiger partial charge in [-0.25, -0.2) is 4.57 Å². The number of amides is 1. The van der Waals surface area contributed by atoms with Gasteiger partial charge in [0.05, 0.1) is 39.9 Å². The molecule has 0 aromatic rings. The molecule has 0 rings (SSSR count). The lowest BCUT2D eigenvalue weighted by atomic mass is 10.0.